The molecule has 1 fully saturated rings. The number of aliphatic hydroxyl groups is 1. The van der Waals surface area contributed by atoms with Crippen LogP contribution in [0.3, 0.4) is 0 Å². The smallest absolute Gasteiger partial charge is 0.239 e. The van der Waals surface area contributed by atoms with Gasteiger partial charge in [0.05, 0.1) is 13.2 Å². The first-order chi connectivity index (χ1) is 15.4. The molecule has 2 aliphatic rings. The number of fused-ring (bicyclic) bond motifs is 1. The maximum Gasteiger partial charge on any atom is 0.239 e. The molecular weight excluding hydrogens is 410 g/mol. The number of nitrogens with two attached hydrogens (primary N) is 1. The van der Waals surface area contributed by atoms with Crippen molar-refractivity contribution in [3.05, 3.63) is 23.8 Å². The van der Waals surface area contributed by atoms with Gasteiger partial charge < -0.3 is 30.7 Å². The third kappa shape index (κ3) is 5.91. The van der Waals surface area contributed by atoms with Crippen LogP contribution in [0.25, 0.3) is 0 Å². The highest BCUT2D eigenvalue weighted by atomic mass is 16.5. The standard InChI is InChI=1S/C23H35N5O4/c1-16(29)28(18-9-4-3-5-10-18)21(31)12-7-13-32-19-11-6-8-17-14-27(15-20(30)25-2)23(24)26-22(17)19/h6,8,11,16,18,29H,3-5,7,9-10,12-15H2,1-2H3,(H2,24,26)(H,25,30). The molecule has 32 heavy (non-hydrogen) atoms. The average Bonchev–Trinajstić information content (AvgIpc) is 2.78. The number of aliphatic imine (C=N–C) groups is 1. The zero-order chi connectivity index (χ0) is 23.1. The number of para-hydroxylation sites is 1. The first-order valence-corrected chi connectivity index (χ1v) is 11.4. The summed E-state index contributed by atoms with van der Waals surface area (Å²) in [6, 6.07) is 5.78. The molecule has 176 valence electrons. The van der Waals surface area contributed by atoms with E-state index in [0.29, 0.717) is 37.4 Å². The van der Waals surface area contributed by atoms with Crippen LogP contribution in [0.2, 0.25) is 0 Å². The Morgan fingerprint density at radius 1 is 1.34 bits per heavy atom. The number of aliphatic hydroxyl groups excluding tert-OH is 1. The molecule has 1 heterocycles. The lowest BCUT2D eigenvalue weighted by molar-refractivity contribution is -0.145. The number of hydrogen-bond acceptors (Lipinski definition) is 7. The first kappa shape index (κ1) is 23.8. The summed E-state index contributed by atoms with van der Waals surface area (Å²) in [5.74, 6) is 0.713. The van der Waals surface area contributed by atoms with Crippen LogP contribution in [0.5, 0.6) is 5.75 Å². The number of benzene rings is 1. The van der Waals surface area contributed by atoms with E-state index in [2.05, 4.69) is 10.3 Å². The van der Waals surface area contributed by atoms with Crippen molar-refractivity contribution in [3.8, 4) is 5.75 Å². The zero-order valence-corrected chi connectivity index (χ0v) is 19.0. The van der Waals surface area contributed by atoms with Gasteiger partial charge >= 0.3 is 0 Å². The summed E-state index contributed by atoms with van der Waals surface area (Å²) in [5.41, 5.74) is 7.65. The summed E-state index contributed by atoms with van der Waals surface area (Å²) in [5, 5.41) is 12.7. The zero-order valence-electron chi connectivity index (χ0n) is 19.0. The molecule has 0 bridgehead atoms. The molecule has 1 aliphatic heterocycles. The van der Waals surface area contributed by atoms with Crippen LogP contribution >= 0.6 is 0 Å². The molecule has 2 amide bonds. The summed E-state index contributed by atoms with van der Waals surface area (Å²) in [7, 11) is 1.58. The Morgan fingerprint density at radius 3 is 2.78 bits per heavy atom. The van der Waals surface area contributed by atoms with Gasteiger partial charge in [-0.15, -0.1) is 0 Å². The Hall–Kier alpha value is -2.81. The van der Waals surface area contributed by atoms with Gasteiger partial charge in [-0.25, -0.2) is 4.99 Å². The van der Waals surface area contributed by atoms with Crippen molar-refractivity contribution in [2.75, 3.05) is 20.2 Å². The molecule has 1 aliphatic carbocycles. The van der Waals surface area contributed by atoms with Gasteiger partial charge in [-0.3, -0.25) is 9.59 Å². The van der Waals surface area contributed by atoms with Crippen molar-refractivity contribution in [3.63, 3.8) is 0 Å². The Labute approximate surface area is 189 Å². The van der Waals surface area contributed by atoms with E-state index in [1.165, 1.54) is 6.42 Å². The van der Waals surface area contributed by atoms with Gasteiger partial charge in [-0.2, -0.15) is 0 Å². The lowest BCUT2D eigenvalue weighted by Crippen LogP contribution is -2.46. The fourth-order valence-corrected chi connectivity index (χ4v) is 4.41. The van der Waals surface area contributed by atoms with Crippen molar-refractivity contribution < 1.29 is 19.4 Å². The summed E-state index contributed by atoms with van der Waals surface area (Å²) in [6.07, 6.45) is 5.41. The van der Waals surface area contributed by atoms with E-state index in [0.717, 1.165) is 31.2 Å². The van der Waals surface area contributed by atoms with Crippen LogP contribution in [0.1, 0.15) is 57.4 Å². The fourth-order valence-electron chi connectivity index (χ4n) is 4.41. The number of carbonyl (C=O) groups excluding carboxylic acids is 2. The van der Waals surface area contributed by atoms with Gasteiger partial charge in [0.1, 0.15) is 17.7 Å². The van der Waals surface area contributed by atoms with Crippen LogP contribution in [-0.4, -0.2) is 65.1 Å². The number of nitrogens with zero attached hydrogens (tertiary/aromatic N) is 3. The van der Waals surface area contributed by atoms with Crippen molar-refractivity contribution in [1.82, 2.24) is 15.1 Å². The summed E-state index contributed by atoms with van der Waals surface area (Å²) >= 11 is 0. The number of rotatable bonds is 9. The van der Waals surface area contributed by atoms with Crippen LogP contribution < -0.4 is 15.8 Å². The predicted octanol–water partition coefficient (Wildman–Crippen LogP) is 1.85. The molecule has 1 aromatic rings. The van der Waals surface area contributed by atoms with E-state index in [1.54, 1.807) is 23.8 Å². The highest BCUT2D eigenvalue weighted by Crippen LogP contribution is 2.35. The summed E-state index contributed by atoms with van der Waals surface area (Å²) in [4.78, 5) is 32.2. The SMILES string of the molecule is CNC(=O)CN1Cc2cccc(OCCCC(=O)N(C(C)O)C3CCCCC3)c2N=C1N. The second kappa shape index (κ2) is 11.2. The summed E-state index contributed by atoms with van der Waals surface area (Å²) < 4.78 is 5.93. The van der Waals surface area contributed by atoms with Gasteiger partial charge in [0.25, 0.3) is 0 Å². The molecule has 0 radical (unpaired) electrons. The number of carbonyl (C=O) groups is 2. The van der Waals surface area contributed by atoms with Gasteiger partial charge in [0, 0.05) is 31.6 Å². The lowest BCUT2D eigenvalue weighted by Gasteiger charge is -2.36. The minimum Gasteiger partial charge on any atom is -0.491 e. The third-order valence-corrected chi connectivity index (χ3v) is 6.06. The quantitative estimate of drug-likeness (QED) is 0.394. The lowest BCUT2D eigenvalue weighted by atomic mass is 9.93. The molecule has 1 aromatic carbocycles. The van der Waals surface area contributed by atoms with Crippen molar-refractivity contribution in [1.29, 1.82) is 0 Å². The Balaban J connectivity index is 1.55. The van der Waals surface area contributed by atoms with Crippen molar-refractivity contribution in [2.24, 2.45) is 10.7 Å². The monoisotopic (exact) mass is 445 g/mol. The molecule has 1 unspecified atom stereocenters. The Morgan fingerprint density at radius 2 is 2.09 bits per heavy atom. The molecule has 0 aromatic heterocycles. The molecule has 9 heteroatoms. The highest BCUT2D eigenvalue weighted by molar-refractivity contribution is 5.89. The number of nitrogens with one attached hydrogen (secondary N) is 1. The van der Waals surface area contributed by atoms with E-state index in [4.69, 9.17) is 10.5 Å². The number of amides is 2. The maximum absolute atomic E-state index is 12.8. The van der Waals surface area contributed by atoms with Gasteiger partial charge in [-0.05, 0) is 32.3 Å². The van der Waals surface area contributed by atoms with Gasteiger partial charge in [0.15, 0.2) is 5.96 Å². The molecule has 3 rings (SSSR count). The Kier molecular flexibility index (Phi) is 8.33. The number of guanidine groups is 1. The molecular formula is C23H35N5O4. The third-order valence-electron chi connectivity index (χ3n) is 6.06. The number of ether oxygens (including phenoxy) is 1. The van der Waals surface area contributed by atoms with Gasteiger partial charge in [-0.1, -0.05) is 31.4 Å². The van der Waals surface area contributed by atoms with E-state index in [1.807, 2.05) is 18.2 Å². The topological polar surface area (TPSA) is 120 Å². The largest absolute Gasteiger partial charge is 0.491 e. The van der Waals surface area contributed by atoms with E-state index in [-0.39, 0.29) is 30.4 Å². The minimum absolute atomic E-state index is 0.0299. The molecule has 1 saturated carbocycles. The molecule has 0 spiro atoms. The highest BCUT2D eigenvalue weighted by Gasteiger charge is 2.28. The van der Waals surface area contributed by atoms with Gasteiger partial charge in [0.2, 0.25) is 11.8 Å². The maximum atomic E-state index is 12.8. The van der Waals surface area contributed by atoms with E-state index >= 15 is 0 Å². The second-order valence-electron chi connectivity index (χ2n) is 8.44. The van der Waals surface area contributed by atoms with Crippen LogP contribution in [0, 0.1) is 0 Å². The second-order valence-corrected chi connectivity index (χ2v) is 8.44. The average molecular weight is 446 g/mol. The Bertz CT molecular complexity index is 836. The predicted molar refractivity (Wildman–Crippen MR) is 122 cm³/mol. The van der Waals surface area contributed by atoms with Crippen LogP contribution in [0.4, 0.5) is 5.69 Å². The minimum atomic E-state index is -0.775. The molecule has 9 nitrogen and oxygen atoms in total. The first-order valence-electron chi connectivity index (χ1n) is 11.4. The van der Waals surface area contributed by atoms with E-state index in [9.17, 15) is 14.7 Å². The van der Waals surface area contributed by atoms with Crippen molar-refractivity contribution >= 4 is 23.5 Å². The van der Waals surface area contributed by atoms with E-state index < -0.39 is 6.23 Å². The van der Waals surface area contributed by atoms with Crippen LogP contribution in [0.15, 0.2) is 23.2 Å². The molecule has 1 atom stereocenters. The van der Waals surface area contributed by atoms with Crippen LogP contribution in [-0.2, 0) is 16.1 Å². The number of likely N-dealkylation sites (N-methyl/N-ethyl adjacent to an activating group) is 1. The van der Waals surface area contributed by atoms with Crippen molar-refractivity contribution in [2.45, 2.75) is 70.7 Å². The normalized spacial score (nSPS) is 17.2. The molecule has 4 N–H and O–H groups in total. The number of hydrogen-bond donors (Lipinski definition) is 3. The fraction of sp³-hybridized carbons (Fsp3) is 0.609. The summed E-state index contributed by atoms with van der Waals surface area (Å²) in [6.45, 7) is 2.63. The molecule has 0 saturated heterocycles.